The third-order valence-corrected chi connectivity index (χ3v) is 6.16. The molecule has 4 rings (SSSR count). The normalized spacial score (nSPS) is 10.9. The summed E-state index contributed by atoms with van der Waals surface area (Å²) in [5.74, 6) is 0.464. The van der Waals surface area contributed by atoms with Gasteiger partial charge < -0.3 is 15.2 Å². The van der Waals surface area contributed by atoms with Crippen LogP contribution in [0, 0.1) is 0 Å². The molecule has 1 aromatic heterocycles. The van der Waals surface area contributed by atoms with Crippen molar-refractivity contribution in [1.82, 2.24) is 0 Å². The van der Waals surface area contributed by atoms with Crippen LogP contribution in [0.15, 0.2) is 72.1 Å². The molecule has 0 aliphatic rings. The lowest BCUT2D eigenvalue weighted by Gasteiger charge is -2.11. The second-order valence-corrected chi connectivity index (χ2v) is 8.17. The van der Waals surface area contributed by atoms with Crippen molar-refractivity contribution in [3.8, 4) is 16.9 Å². The molecular weight excluding hydrogens is 406 g/mol. The predicted octanol–water partition coefficient (Wildman–Crippen LogP) is 5.71. The molecule has 5 heteroatoms. The predicted molar refractivity (Wildman–Crippen MR) is 126 cm³/mol. The molecule has 0 fully saturated rings. The number of rotatable bonds is 8. The van der Waals surface area contributed by atoms with Gasteiger partial charge in [0, 0.05) is 22.4 Å². The molecule has 0 amide bonds. The van der Waals surface area contributed by atoms with Gasteiger partial charge in [0.15, 0.2) is 0 Å². The standard InChI is InChI=1S/C26H25NO3S/c1-2-29-26(28)14-21-7-3-4-9-24(21)30-16-22-17-31-25-11-10-20(13-23(22)25)19-8-5-6-18(12-19)15-27/h3-13,17H,2,14-16,27H2,1H3. The highest BCUT2D eigenvalue weighted by molar-refractivity contribution is 7.17. The summed E-state index contributed by atoms with van der Waals surface area (Å²) in [5, 5.41) is 3.32. The number of fused-ring (bicyclic) bond motifs is 1. The number of nitrogens with two attached hydrogens (primary N) is 1. The number of para-hydroxylation sites is 1. The zero-order chi connectivity index (χ0) is 21.6. The summed E-state index contributed by atoms with van der Waals surface area (Å²) in [6.45, 7) is 3.15. The molecule has 2 N–H and O–H groups in total. The molecule has 158 valence electrons. The Labute approximate surface area is 186 Å². The van der Waals surface area contributed by atoms with Crippen LogP contribution in [0.3, 0.4) is 0 Å². The second kappa shape index (κ2) is 9.77. The summed E-state index contributed by atoms with van der Waals surface area (Å²) in [7, 11) is 0. The Morgan fingerprint density at radius 1 is 0.968 bits per heavy atom. The van der Waals surface area contributed by atoms with Gasteiger partial charge in [-0.1, -0.05) is 42.5 Å². The number of hydrogen-bond acceptors (Lipinski definition) is 5. The fourth-order valence-corrected chi connectivity index (χ4v) is 4.49. The molecule has 31 heavy (non-hydrogen) atoms. The second-order valence-electron chi connectivity index (χ2n) is 7.25. The third kappa shape index (κ3) is 4.95. The van der Waals surface area contributed by atoms with E-state index in [0.717, 1.165) is 27.8 Å². The van der Waals surface area contributed by atoms with Crippen molar-refractivity contribution in [3.05, 3.63) is 88.8 Å². The van der Waals surface area contributed by atoms with Crippen molar-refractivity contribution in [2.24, 2.45) is 5.73 Å². The van der Waals surface area contributed by atoms with Crippen LogP contribution in [-0.4, -0.2) is 12.6 Å². The van der Waals surface area contributed by atoms with Gasteiger partial charge in [-0.3, -0.25) is 4.79 Å². The van der Waals surface area contributed by atoms with Gasteiger partial charge in [0.25, 0.3) is 0 Å². The van der Waals surface area contributed by atoms with Gasteiger partial charge in [0.2, 0.25) is 0 Å². The van der Waals surface area contributed by atoms with Crippen LogP contribution >= 0.6 is 11.3 Å². The van der Waals surface area contributed by atoms with Gasteiger partial charge in [0.05, 0.1) is 13.0 Å². The van der Waals surface area contributed by atoms with E-state index in [1.807, 2.05) is 43.3 Å². The molecule has 4 nitrogen and oxygen atoms in total. The van der Waals surface area contributed by atoms with Crippen LogP contribution < -0.4 is 10.5 Å². The molecule has 0 saturated carbocycles. The molecule has 0 saturated heterocycles. The van der Waals surface area contributed by atoms with Gasteiger partial charge in [0.1, 0.15) is 12.4 Å². The number of ether oxygens (including phenoxy) is 2. The van der Waals surface area contributed by atoms with E-state index in [1.54, 1.807) is 11.3 Å². The Balaban J connectivity index is 1.57. The lowest BCUT2D eigenvalue weighted by Crippen LogP contribution is -2.09. The first-order valence-corrected chi connectivity index (χ1v) is 11.2. The maximum absolute atomic E-state index is 11.9. The van der Waals surface area contributed by atoms with Crippen molar-refractivity contribution in [3.63, 3.8) is 0 Å². The highest BCUT2D eigenvalue weighted by Crippen LogP contribution is 2.32. The molecule has 0 aliphatic heterocycles. The smallest absolute Gasteiger partial charge is 0.310 e. The lowest BCUT2D eigenvalue weighted by atomic mass is 10.0. The fourth-order valence-electron chi connectivity index (χ4n) is 3.56. The molecule has 0 spiro atoms. The van der Waals surface area contributed by atoms with E-state index in [2.05, 4.69) is 35.7 Å². The number of carbonyl (C=O) groups excluding carboxylic acids is 1. The lowest BCUT2D eigenvalue weighted by molar-refractivity contribution is -0.142. The molecule has 0 atom stereocenters. The van der Waals surface area contributed by atoms with Crippen LogP contribution in [0.25, 0.3) is 21.2 Å². The fraction of sp³-hybridized carbons (Fsp3) is 0.192. The van der Waals surface area contributed by atoms with Crippen molar-refractivity contribution in [1.29, 1.82) is 0 Å². The molecule has 4 aromatic rings. The van der Waals surface area contributed by atoms with Crippen LogP contribution in [0.2, 0.25) is 0 Å². The molecule has 0 radical (unpaired) electrons. The Kier molecular flexibility index (Phi) is 6.65. The number of benzene rings is 3. The number of esters is 1. The summed E-state index contributed by atoms with van der Waals surface area (Å²) < 4.78 is 12.4. The van der Waals surface area contributed by atoms with Crippen molar-refractivity contribution >= 4 is 27.4 Å². The Morgan fingerprint density at radius 3 is 2.65 bits per heavy atom. The minimum atomic E-state index is -0.246. The summed E-state index contributed by atoms with van der Waals surface area (Å²) in [6, 6.07) is 22.5. The quantitative estimate of drug-likeness (QED) is 0.363. The Hall–Kier alpha value is -3.15. The van der Waals surface area contributed by atoms with Crippen molar-refractivity contribution < 1.29 is 14.3 Å². The van der Waals surface area contributed by atoms with Crippen LogP contribution in [0.5, 0.6) is 5.75 Å². The average molecular weight is 432 g/mol. The minimum Gasteiger partial charge on any atom is -0.489 e. The van der Waals surface area contributed by atoms with E-state index in [-0.39, 0.29) is 12.4 Å². The SMILES string of the molecule is CCOC(=O)Cc1ccccc1OCc1csc2ccc(-c3cccc(CN)c3)cc12. The highest BCUT2D eigenvalue weighted by atomic mass is 32.1. The van der Waals surface area contributed by atoms with Crippen LogP contribution in [-0.2, 0) is 29.1 Å². The number of carbonyl (C=O) groups is 1. The van der Waals surface area contributed by atoms with E-state index in [4.69, 9.17) is 15.2 Å². The molecule has 0 bridgehead atoms. The Morgan fingerprint density at radius 2 is 1.81 bits per heavy atom. The largest absolute Gasteiger partial charge is 0.489 e. The van der Waals surface area contributed by atoms with Gasteiger partial charge >= 0.3 is 5.97 Å². The van der Waals surface area contributed by atoms with Gasteiger partial charge in [-0.25, -0.2) is 0 Å². The molecule has 1 heterocycles. The summed E-state index contributed by atoms with van der Waals surface area (Å²) >= 11 is 1.71. The Bertz CT molecular complexity index is 1200. The zero-order valence-electron chi connectivity index (χ0n) is 17.5. The number of hydrogen-bond donors (Lipinski definition) is 1. The minimum absolute atomic E-state index is 0.204. The van der Waals surface area contributed by atoms with E-state index in [0.29, 0.717) is 25.5 Å². The topological polar surface area (TPSA) is 61.5 Å². The van der Waals surface area contributed by atoms with Crippen LogP contribution in [0.4, 0.5) is 0 Å². The first kappa shape index (κ1) is 21.1. The summed E-state index contributed by atoms with van der Waals surface area (Å²) in [4.78, 5) is 11.9. The molecule has 3 aromatic carbocycles. The van der Waals surface area contributed by atoms with Gasteiger partial charge in [-0.15, -0.1) is 11.3 Å². The molecule has 0 unspecified atom stereocenters. The monoisotopic (exact) mass is 431 g/mol. The zero-order valence-corrected chi connectivity index (χ0v) is 18.3. The van der Waals surface area contributed by atoms with Crippen molar-refractivity contribution in [2.45, 2.75) is 26.5 Å². The third-order valence-electron chi connectivity index (χ3n) is 5.15. The first-order chi connectivity index (χ1) is 15.2. The average Bonchev–Trinajstić information content (AvgIpc) is 3.21. The van der Waals surface area contributed by atoms with Crippen LogP contribution in [0.1, 0.15) is 23.6 Å². The number of thiophene rings is 1. The van der Waals surface area contributed by atoms with Gasteiger partial charge in [-0.05, 0) is 58.6 Å². The van der Waals surface area contributed by atoms with Crippen molar-refractivity contribution in [2.75, 3.05) is 6.61 Å². The molecule has 0 aliphatic carbocycles. The highest BCUT2D eigenvalue weighted by Gasteiger charge is 2.12. The molecular formula is C26H25NO3S. The van der Waals surface area contributed by atoms with Gasteiger partial charge in [-0.2, -0.15) is 0 Å². The summed E-state index contributed by atoms with van der Waals surface area (Å²) in [5.41, 5.74) is 11.2. The van der Waals surface area contributed by atoms with E-state index >= 15 is 0 Å². The maximum Gasteiger partial charge on any atom is 0.310 e. The maximum atomic E-state index is 11.9. The van der Waals surface area contributed by atoms with E-state index in [1.165, 1.54) is 10.1 Å². The first-order valence-electron chi connectivity index (χ1n) is 10.3. The van der Waals surface area contributed by atoms with E-state index < -0.39 is 0 Å². The summed E-state index contributed by atoms with van der Waals surface area (Å²) in [6.07, 6.45) is 0.204. The van der Waals surface area contributed by atoms with E-state index in [9.17, 15) is 4.79 Å².